The first-order valence-corrected chi connectivity index (χ1v) is 6.49. The lowest BCUT2D eigenvalue weighted by molar-refractivity contribution is 0.0961. The van der Waals surface area contributed by atoms with Gasteiger partial charge in [-0.1, -0.05) is 30.3 Å². The molecule has 0 aliphatic rings. The molecule has 0 amide bonds. The predicted octanol–water partition coefficient (Wildman–Crippen LogP) is 3.54. The molecular weight excluding hydrogens is 252 g/mol. The van der Waals surface area contributed by atoms with Gasteiger partial charge < -0.3 is 4.74 Å². The maximum atomic E-state index is 11.9. The van der Waals surface area contributed by atoms with E-state index in [1.807, 2.05) is 18.2 Å². The fraction of sp³-hybridized carbons (Fsp3) is 0.176. The van der Waals surface area contributed by atoms with Crippen molar-refractivity contribution in [3.05, 3.63) is 65.7 Å². The van der Waals surface area contributed by atoms with Gasteiger partial charge in [0.05, 0.1) is 6.61 Å². The molecule has 3 heteroatoms. The van der Waals surface area contributed by atoms with E-state index >= 15 is 0 Å². The second-order valence-electron chi connectivity index (χ2n) is 4.47. The molecule has 0 unspecified atom stereocenters. The number of Topliss-reactive ketones (excluding diaryl/α,β-unsaturated/α-hetero) is 2. The molecule has 20 heavy (non-hydrogen) atoms. The van der Waals surface area contributed by atoms with Crippen LogP contribution in [0.4, 0.5) is 0 Å². The van der Waals surface area contributed by atoms with Crippen molar-refractivity contribution in [2.75, 3.05) is 6.61 Å². The van der Waals surface area contributed by atoms with E-state index in [1.54, 1.807) is 36.4 Å². The highest BCUT2D eigenvalue weighted by molar-refractivity contribution is 5.96. The normalized spacial score (nSPS) is 10.1. The van der Waals surface area contributed by atoms with Gasteiger partial charge in [-0.05, 0) is 31.2 Å². The average Bonchev–Trinajstić information content (AvgIpc) is 2.48. The Bertz CT molecular complexity index is 585. The zero-order valence-electron chi connectivity index (χ0n) is 11.3. The molecule has 2 aromatic rings. The quantitative estimate of drug-likeness (QED) is 0.753. The fourth-order valence-corrected chi connectivity index (χ4v) is 1.82. The molecular formula is C17H16O3. The van der Waals surface area contributed by atoms with E-state index in [1.165, 1.54) is 6.92 Å². The topological polar surface area (TPSA) is 43.4 Å². The van der Waals surface area contributed by atoms with Crippen molar-refractivity contribution < 1.29 is 14.3 Å². The van der Waals surface area contributed by atoms with Crippen LogP contribution in [0.15, 0.2) is 54.6 Å². The lowest BCUT2D eigenvalue weighted by atomic mass is 10.1. The third-order valence-electron chi connectivity index (χ3n) is 2.95. The van der Waals surface area contributed by atoms with Gasteiger partial charge in [0.2, 0.25) is 0 Å². The standard InChI is InChI=1S/C17H16O3/c1-13(18)14-7-9-16(10-8-14)20-12-11-17(19)15-5-3-2-4-6-15/h2-10H,11-12H2,1H3. The Morgan fingerprint density at radius 1 is 0.900 bits per heavy atom. The van der Waals surface area contributed by atoms with Gasteiger partial charge in [0.1, 0.15) is 5.75 Å². The summed E-state index contributed by atoms with van der Waals surface area (Å²) in [4.78, 5) is 23.0. The Labute approximate surface area is 118 Å². The summed E-state index contributed by atoms with van der Waals surface area (Å²) in [5.41, 5.74) is 1.35. The van der Waals surface area contributed by atoms with Crippen LogP contribution in [-0.4, -0.2) is 18.2 Å². The molecule has 3 nitrogen and oxygen atoms in total. The predicted molar refractivity (Wildman–Crippen MR) is 77.3 cm³/mol. The van der Waals surface area contributed by atoms with E-state index in [2.05, 4.69) is 0 Å². The zero-order valence-corrected chi connectivity index (χ0v) is 11.3. The van der Waals surface area contributed by atoms with Gasteiger partial charge in [0.25, 0.3) is 0 Å². The summed E-state index contributed by atoms with van der Waals surface area (Å²) in [6, 6.07) is 16.1. The molecule has 0 aliphatic heterocycles. The SMILES string of the molecule is CC(=O)c1ccc(OCCC(=O)c2ccccc2)cc1. The summed E-state index contributed by atoms with van der Waals surface area (Å²) in [5, 5.41) is 0. The van der Waals surface area contributed by atoms with Crippen LogP contribution in [0.1, 0.15) is 34.1 Å². The van der Waals surface area contributed by atoms with Crippen molar-refractivity contribution in [2.45, 2.75) is 13.3 Å². The molecule has 0 N–H and O–H groups in total. The molecule has 0 bridgehead atoms. The number of hydrogen-bond acceptors (Lipinski definition) is 3. The van der Waals surface area contributed by atoms with E-state index in [9.17, 15) is 9.59 Å². The van der Waals surface area contributed by atoms with E-state index in [0.717, 1.165) is 0 Å². The van der Waals surface area contributed by atoms with Crippen LogP contribution in [0.2, 0.25) is 0 Å². The zero-order chi connectivity index (χ0) is 14.4. The van der Waals surface area contributed by atoms with Crippen LogP contribution in [-0.2, 0) is 0 Å². The Balaban J connectivity index is 1.84. The summed E-state index contributed by atoms with van der Waals surface area (Å²) in [5.74, 6) is 0.748. The van der Waals surface area contributed by atoms with Gasteiger partial charge >= 0.3 is 0 Å². The summed E-state index contributed by atoms with van der Waals surface area (Å²) in [6.45, 7) is 1.85. The molecule has 0 aromatic heterocycles. The molecule has 102 valence electrons. The number of benzene rings is 2. The molecule has 0 spiro atoms. The first kappa shape index (κ1) is 14.0. The molecule has 0 heterocycles. The summed E-state index contributed by atoms with van der Waals surface area (Å²) >= 11 is 0. The van der Waals surface area contributed by atoms with Gasteiger partial charge in [-0.15, -0.1) is 0 Å². The first-order valence-electron chi connectivity index (χ1n) is 6.49. The van der Waals surface area contributed by atoms with Crippen molar-refractivity contribution in [3.8, 4) is 5.75 Å². The van der Waals surface area contributed by atoms with Crippen LogP contribution >= 0.6 is 0 Å². The number of ketones is 2. The smallest absolute Gasteiger partial charge is 0.166 e. The van der Waals surface area contributed by atoms with Crippen LogP contribution < -0.4 is 4.74 Å². The third kappa shape index (κ3) is 3.79. The van der Waals surface area contributed by atoms with Crippen LogP contribution in [0.5, 0.6) is 5.75 Å². The molecule has 0 fully saturated rings. The number of hydrogen-bond donors (Lipinski definition) is 0. The van der Waals surface area contributed by atoms with Gasteiger partial charge in [-0.2, -0.15) is 0 Å². The third-order valence-corrected chi connectivity index (χ3v) is 2.95. The largest absolute Gasteiger partial charge is 0.493 e. The lowest BCUT2D eigenvalue weighted by Crippen LogP contribution is -2.06. The maximum Gasteiger partial charge on any atom is 0.166 e. The van der Waals surface area contributed by atoms with Gasteiger partial charge in [-0.3, -0.25) is 9.59 Å². The molecule has 2 rings (SSSR count). The van der Waals surface area contributed by atoms with Crippen LogP contribution in [0, 0.1) is 0 Å². The van der Waals surface area contributed by atoms with Crippen molar-refractivity contribution in [3.63, 3.8) is 0 Å². The minimum atomic E-state index is 0.0239. The van der Waals surface area contributed by atoms with Crippen LogP contribution in [0.3, 0.4) is 0 Å². The highest BCUT2D eigenvalue weighted by atomic mass is 16.5. The van der Waals surface area contributed by atoms with Crippen LogP contribution in [0.25, 0.3) is 0 Å². The maximum absolute atomic E-state index is 11.9. The second-order valence-corrected chi connectivity index (χ2v) is 4.47. The van der Waals surface area contributed by atoms with E-state index < -0.39 is 0 Å². The molecule has 0 aliphatic carbocycles. The van der Waals surface area contributed by atoms with Gasteiger partial charge in [0.15, 0.2) is 11.6 Å². The Hall–Kier alpha value is -2.42. The summed E-state index contributed by atoms with van der Waals surface area (Å²) in [7, 11) is 0. The second kappa shape index (κ2) is 6.66. The monoisotopic (exact) mass is 268 g/mol. The number of carbonyl (C=O) groups is 2. The number of carbonyl (C=O) groups excluding carboxylic acids is 2. The van der Waals surface area contributed by atoms with Crippen molar-refractivity contribution in [1.82, 2.24) is 0 Å². The molecule has 0 saturated carbocycles. The summed E-state index contributed by atoms with van der Waals surface area (Å²) < 4.78 is 5.50. The lowest BCUT2D eigenvalue weighted by Gasteiger charge is -2.06. The van der Waals surface area contributed by atoms with Crippen molar-refractivity contribution >= 4 is 11.6 Å². The van der Waals surface area contributed by atoms with E-state index in [-0.39, 0.29) is 11.6 Å². The van der Waals surface area contributed by atoms with E-state index in [0.29, 0.717) is 29.9 Å². The Morgan fingerprint density at radius 2 is 1.55 bits per heavy atom. The van der Waals surface area contributed by atoms with E-state index in [4.69, 9.17) is 4.74 Å². The Morgan fingerprint density at radius 3 is 2.15 bits per heavy atom. The molecule has 0 radical (unpaired) electrons. The minimum Gasteiger partial charge on any atom is -0.493 e. The molecule has 2 aromatic carbocycles. The van der Waals surface area contributed by atoms with Gasteiger partial charge in [-0.25, -0.2) is 0 Å². The average molecular weight is 268 g/mol. The van der Waals surface area contributed by atoms with Crippen molar-refractivity contribution in [2.24, 2.45) is 0 Å². The van der Waals surface area contributed by atoms with Gasteiger partial charge in [0, 0.05) is 17.5 Å². The highest BCUT2D eigenvalue weighted by Crippen LogP contribution is 2.13. The summed E-state index contributed by atoms with van der Waals surface area (Å²) in [6.07, 6.45) is 0.332. The molecule has 0 atom stereocenters. The minimum absolute atomic E-state index is 0.0239. The highest BCUT2D eigenvalue weighted by Gasteiger charge is 2.05. The van der Waals surface area contributed by atoms with Crippen molar-refractivity contribution in [1.29, 1.82) is 0 Å². The fourth-order valence-electron chi connectivity index (χ4n) is 1.82. The number of rotatable bonds is 6. The first-order chi connectivity index (χ1) is 9.66. The molecule has 0 saturated heterocycles. The number of ether oxygens (including phenoxy) is 1. The Kier molecular flexibility index (Phi) is 4.66.